The first-order valence-corrected chi connectivity index (χ1v) is 10.6. The van der Waals surface area contributed by atoms with Crippen LogP contribution < -0.4 is 0 Å². The number of hydrogen-bond donors (Lipinski definition) is 0. The molecule has 0 aromatic carbocycles. The zero-order valence-corrected chi connectivity index (χ0v) is 17.7. The molecule has 0 bridgehead atoms. The molecule has 0 spiro atoms. The minimum atomic E-state index is 0.891. The van der Waals surface area contributed by atoms with Crippen molar-refractivity contribution in [3.8, 4) is 11.1 Å². The van der Waals surface area contributed by atoms with E-state index in [0.717, 1.165) is 10.7 Å². The van der Waals surface area contributed by atoms with Gasteiger partial charge >= 0.3 is 0 Å². The highest BCUT2D eigenvalue weighted by atomic mass is 79.9. The molecule has 0 saturated carbocycles. The molecule has 0 saturated heterocycles. The van der Waals surface area contributed by atoms with Crippen LogP contribution in [0.15, 0.2) is 8.95 Å². The predicted octanol–water partition coefficient (Wildman–Crippen LogP) is 7.41. The van der Waals surface area contributed by atoms with Gasteiger partial charge in [-0.3, -0.25) is 0 Å². The maximum Gasteiger partial charge on any atom is 0.0394 e. The summed E-state index contributed by atoms with van der Waals surface area (Å²) in [5.41, 5.74) is 2.67. The van der Waals surface area contributed by atoms with E-state index in [2.05, 4.69) is 77.6 Å². The van der Waals surface area contributed by atoms with Crippen molar-refractivity contribution < 1.29 is 0 Å². The van der Waals surface area contributed by atoms with E-state index in [-0.39, 0.29) is 0 Å². The summed E-state index contributed by atoms with van der Waals surface area (Å²) in [6.07, 6.45) is 0. The lowest BCUT2D eigenvalue weighted by Gasteiger charge is -2.05. The molecule has 2 aromatic rings. The van der Waals surface area contributed by atoms with Crippen LogP contribution in [0.25, 0.3) is 11.1 Å². The van der Waals surface area contributed by atoms with Crippen molar-refractivity contribution in [3.63, 3.8) is 0 Å². The maximum absolute atomic E-state index is 3.74. The van der Waals surface area contributed by atoms with Crippen LogP contribution in [0.4, 0.5) is 0 Å². The molecule has 0 unspecified atom stereocenters. The van der Waals surface area contributed by atoms with Crippen molar-refractivity contribution in [1.82, 2.24) is 0 Å². The van der Waals surface area contributed by atoms with E-state index in [1.807, 2.05) is 22.7 Å². The lowest BCUT2D eigenvalue weighted by Crippen LogP contribution is -1.84. The van der Waals surface area contributed by atoms with E-state index in [0.29, 0.717) is 0 Å². The lowest BCUT2D eigenvalue weighted by atomic mass is 10.1. The average molecular weight is 538 g/mol. The number of thiophene rings is 2. The zero-order valence-electron chi connectivity index (χ0n) is 9.74. The summed E-state index contributed by atoms with van der Waals surface area (Å²) in [5.74, 6) is 0. The van der Waals surface area contributed by atoms with Gasteiger partial charge in [-0.05, 0) is 45.7 Å². The van der Waals surface area contributed by atoms with E-state index >= 15 is 0 Å². The van der Waals surface area contributed by atoms with Crippen molar-refractivity contribution >= 4 is 86.4 Å². The summed E-state index contributed by atoms with van der Waals surface area (Å²) in [6.45, 7) is 4.32. The second-order valence-electron chi connectivity index (χ2n) is 3.81. The molecule has 0 atom stereocenters. The normalized spacial score (nSPS) is 11.2. The van der Waals surface area contributed by atoms with Crippen molar-refractivity contribution in [2.45, 2.75) is 24.5 Å². The molecule has 98 valence electrons. The highest BCUT2D eigenvalue weighted by molar-refractivity contribution is 9.11. The lowest BCUT2D eigenvalue weighted by molar-refractivity contribution is 1.47. The number of halogens is 4. The highest BCUT2D eigenvalue weighted by Gasteiger charge is 2.22. The van der Waals surface area contributed by atoms with Crippen molar-refractivity contribution in [3.05, 3.63) is 28.5 Å². The van der Waals surface area contributed by atoms with Crippen LogP contribution in [0.2, 0.25) is 0 Å². The molecule has 2 heterocycles. The molecule has 0 fully saturated rings. The van der Waals surface area contributed by atoms with Crippen LogP contribution in [0.3, 0.4) is 0 Å². The van der Waals surface area contributed by atoms with E-state index in [9.17, 15) is 0 Å². The second-order valence-corrected chi connectivity index (χ2v) is 9.13. The van der Waals surface area contributed by atoms with Gasteiger partial charge in [0.15, 0.2) is 0 Å². The molecular formula is C12H10Br4S2. The molecule has 18 heavy (non-hydrogen) atoms. The minimum Gasteiger partial charge on any atom is -0.143 e. The van der Waals surface area contributed by atoms with E-state index < -0.39 is 0 Å². The zero-order chi connectivity index (χ0) is 13.4. The third kappa shape index (κ3) is 2.70. The number of aryl methyl sites for hydroxylation is 2. The Morgan fingerprint density at radius 1 is 0.778 bits per heavy atom. The summed E-state index contributed by atoms with van der Waals surface area (Å²) in [4.78, 5) is 5.41. The number of hydrogen-bond acceptors (Lipinski definition) is 2. The molecule has 2 rings (SSSR count). The minimum absolute atomic E-state index is 0.891. The molecule has 6 heteroatoms. The van der Waals surface area contributed by atoms with Crippen molar-refractivity contribution in [1.29, 1.82) is 0 Å². The Bertz CT molecular complexity index is 531. The smallest absolute Gasteiger partial charge is 0.0394 e. The molecule has 0 nitrogen and oxygen atoms in total. The first-order valence-electron chi connectivity index (χ1n) is 5.19. The van der Waals surface area contributed by atoms with Gasteiger partial charge in [0.2, 0.25) is 0 Å². The van der Waals surface area contributed by atoms with Gasteiger partial charge in [0.05, 0.1) is 0 Å². The van der Waals surface area contributed by atoms with Gasteiger partial charge in [-0.2, -0.15) is 0 Å². The topological polar surface area (TPSA) is 0 Å². The van der Waals surface area contributed by atoms with Gasteiger partial charge in [-0.25, -0.2) is 0 Å². The average Bonchev–Trinajstić information content (AvgIpc) is 2.79. The number of rotatable bonds is 3. The van der Waals surface area contributed by atoms with Gasteiger partial charge in [-0.15, -0.1) is 22.7 Å². The van der Waals surface area contributed by atoms with Gasteiger partial charge in [0.25, 0.3) is 0 Å². The predicted molar refractivity (Wildman–Crippen MR) is 97.8 cm³/mol. The van der Waals surface area contributed by atoms with Crippen LogP contribution in [0, 0.1) is 13.8 Å². The molecule has 0 amide bonds. The van der Waals surface area contributed by atoms with Crippen LogP contribution in [-0.4, -0.2) is 0 Å². The molecule has 0 aliphatic heterocycles. The molecule has 0 aliphatic carbocycles. The van der Waals surface area contributed by atoms with Crippen LogP contribution in [-0.2, 0) is 10.7 Å². The third-order valence-corrected chi connectivity index (χ3v) is 9.24. The standard InChI is InChI=1S/C12H10Br4S2/c1-5-11(15)9(7(3-13)17-5)10-8(4-14)18-6(2)12(10)16/h3-4H2,1-2H3. The summed E-state index contributed by atoms with van der Waals surface area (Å²) in [5, 5.41) is 1.78. The van der Waals surface area contributed by atoms with E-state index in [1.54, 1.807) is 0 Å². The summed E-state index contributed by atoms with van der Waals surface area (Å²) < 4.78 is 2.45. The van der Waals surface area contributed by atoms with E-state index in [4.69, 9.17) is 0 Å². The van der Waals surface area contributed by atoms with Crippen molar-refractivity contribution in [2.24, 2.45) is 0 Å². The Hall–Kier alpha value is 1.32. The van der Waals surface area contributed by atoms with Gasteiger partial charge in [0, 0.05) is 50.2 Å². The SMILES string of the molecule is Cc1sc(CBr)c(-c2c(CBr)sc(C)c2Br)c1Br. The molecule has 2 aromatic heterocycles. The first-order chi connectivity index (χ1) is 8.51. The summed E-state index contributed by atoms with van der Waals surface area (Å²) in [6, 6.07) is 0. The highest BCUT2D eigenvalue weighted by Crippen LogP contribution is 2.48. The Balaban J connectivity index is 2.76. The fraction of sp³-hybridized carbons (Fsp3) is 0.333. The van der Waals surface area contributed by atoms with Crippen LogP contribution in [0.5, 0.6) is 0 Å². The quantitative estimate of drug-likeness (QED) is 0.358. The second kappa shape index (κ2) is 6.39. The maximum atomic E-state index is 3.74. The molecule has 0 N–H and O–H groups in total. The first kappa shape index (κ1) is 15.7. The van der Waals surface area contributed by atoms with Crippen LogP contribution in [0.1, 0.15) is 19.5 Å². The van der Waals surface area contributed by atoms with Crippen LogP contribution >= 0.6 is 86.4 Å². The number of alkyl halides is 2. The summed E-state index contributed by atoms with van der Waals surface area (Å²) in [7, 11) is 0. The molecule has 0 aliphatic rings. The fourth-order valence-electron chi connectivity index (χ4n) is 1.84. The van der Waals surface area contributed by atoms with Gasteiger partial charge in [0.1, 0.15) is 0 Å². The Morgan fingerprint density at radius 3 is 1.39 bits per heavy atom. The third-order valence-electron chi connectivity index (χ3n) is 2.66. The van der Waals surface area contributed by atoms with Gasteiger partial charge < -0.3 is 0 Å². The Kier molecular flexibility index (Phi) is 5.58. The molecular weight excluding hydrogens is 528 g/mol. The summed E-state index contributed by atoms with van der Waals surface area (Å²) >= 11 is 18.4. The van der Waals surface area contributed by atoms with Gasteiger partial charge in [-0.1, -0.05) is 31.9 Å². The Labute approximate surface area is 149 Å². The Morgan fingerprint density at radius 2 is 1.11 bits per heavy atom. The largest absolute Gasteiger partial charge is 0.143 e. The molecule has 0 radical (unpaired) electrons. The van der Waals surface area contributed by atoms with Crippen molar-refractivity contribution in [2.75, 3.05) is 0 Å². The fourth-order valence-corrected chi connectivity index (χ4v) is 6.56. The van der Waals surface area contributed by atoms with E-state index in [1.165, 1.54) is 39.6 Å². The monoisotopic (exact) mass is 534 g/mol.